The van der Waals surface area contributed by atoms with Crippen molar-refractivity contribution < 1.29 is 10.2 Å². The number of hydrogen-bond donors (Lipinski definition) is 3. The second-order valence-electron chi connectivity index (χ2n) is 5.25. The van der Waals surface area contributed by atoms with Crippen molar-refractivity contribution in [1.29, 1.82) is 0 Å². The number of aliphatic hydroxyl groups excluding tert-OH is 2. The third-order valence-corrected chi connectivity index (χ3v) is 3.29. The fourth-order valence-corrected chi connectivity index (χ4v) is 2.29. The van der Waals surface area contributed by atoms with E-state index in [0.29, 0.717) is 12.5 Å². The van der Waals surface area contributed by atoms with Crippen LogP contribution in [0.1, 0.15) is 36.6 Å². The minimum Gasteiger partial charge on any atom is -0.395 e. The van der Waals surface area contributed by atoms with Crippen LogP contribution in [-0.2, 0) is 0 Å². The first-order valence-corrected chi connectivity index (χ1v) is 6.56. The summed E-state index contributed by atoms with van der Waals surface area (Å²) >= 11 is 0. The Balaban J connectivity index is 2.90. The Morgan fingerprint density at radius 3 is 2.39 bits per heavy atom. The van der Waals surface area contributed by atoms with Gasteiger partial charge in [-0.2, -0.15) is 0 Å². The Hall–Kier alpha value is -0.900. The molecule has 0 amide bonds. The van der Waals surface area contributed by atoms with Gasteiger partial charge in [0.2, 0.25) is 0 Å². The predicted molar refractivity (Wildman–Crippen MR) is 74.6 cm³/mol. The van der Waals surface area contributed by atoms with Crippen molar-refractivity contribution in [3.8, 4) is 0 Å². The SMILES string of the molecule is Cc1ccc(C(O)C(NCCO)C(C)C)c(C)c1. The zero-order chi connectivity index (χ0) is 13.7. The molecule has 0 heterocycles. The van der Waals surface area contributed by atoms with E-state index >= 15 is 0 Å². The van der Waals surface area contributed by atoms with Gasteiger partial charge in [0.15, 0.2) is 0 Å². The van der Waals surface area contributed by atoms with E-state index in [0.717, 1.165) is 11.1 Å². The molecular formula is C15H25NO2. The highest BCUT2D eigenvalue weighted by molar-refractivity contribution is 5.32. The Kier molecular flexibility index (Phi) is 5.79. The molecule has 18 heavy (non-hydrogen) atoms. The van der Waals surface area contributed by atoms with E-state index in [4.69, 9.17) is 5.11 Å². The van der Waals surface area contributed by atoms with E-state index < -0.39 is 6.10 Å². The van der Waals surface area contributed by atoms with Gasteiger partial charge in [0.05, 0.1) is 12.7 Å². The number of aliphatic hydroxyl groups is 2. The topological polar surface area (TPSA) is 52.5 Å². The van der Waals surface area contributed by atoms with Crippen LogP contribution in [0.3, 0.4) is 0 Å². The second kappa shape index (κ2) is 6.88. The first kappa shape index (κ1) is 15.2. The predicted octanol–water partition coefficient (Wildman–Crippen LogP) is 1.94. The molecule has 0 bridgehead atoms. The normalized spacial score (nSPS) is 14.8. The van der Waals surface area contributed by atoms with Crippen molar-refractivity contribution in [1.82, 2.24) is 5.32 Å². The summed E-state index contributed by atoms with van der Waals surface area (Å²) in [6.07, 6.45) is -0.544. The van der Waals surface area contributed by atoms with E-state index in [1.165, 1.54) is 5.56 Å². The van der Waals surface area contributed by atoms with Gasteiger partial charge in [0.25, 0.3) is 0 Å². The highest BCUT2D eigenvalue weighted by Gasteiger charge is 2.24. The number of nitrogens with one attached hydrogen (secondary N) is 1. The van der Waals surface area contributed by atoms with Crippen molar-refractivity contribution in [3.63, 3.8) is 0 Å². The molecule has 0 fully saturated rings. The van der Waals surface area contributed by atoms with Crippen LogP contribution in [0.5, 0.6) is 0 Å². The summed E-state index contributed by atoms with van der Waals surface area (Å²) in [5, 5.41) is 22.6. The lowest BCUT2D eigenvalue weighted by atomic mass is 9.90. The van der Waals surface area contributed by atoms with Gasteiger partial charge in [-0.05, 0) is 30.9 Å². The zero-order valence-electron chi connectivity index (χ0n) is 11.8. The average molecular weight is 251 g/mol. The highest BCUT2D eigenvalue weighted by Crippen LogP contribution is 2.25. The van der Waals surface area contributed by atoms with Gasteiger partial charge >= 0.3 is 0 Å². The maximum Gasteiger partial charge on any atom is 0.0948 e. The molecule has 102 valence electrons. The fourth-order valence-electron chi connectivity index (χ4n) is 2.29. The van der Waals surface area contributed by atoms with E-state index in [1.54, 1.807) is 0 Å². The largest absolute Gasteiger partial charge is 0.395 e. The quantitative estimate of drug-likeness (QED) is 0.724. The molecule has 0 saturated heterocycles. The van der Waals surface area contributed by atoms with Crippen LogP contribution >= 0.6 is 0 Å². The van der Waals surface area contributed by atoms with Gasteiger partial charge in [-0.15, -0.1) is 0 Å². The molecule has 0 spiro atoms. The lowest BCUT2D eigenvalue weighted by Gasteiger charge is -2.28. The number of hydrogen-bond acceptors (Lipinski definition) is 3. The monoisotopic (exact) mass is 251 g/mol. The third kappa shape index (κ3) is 3.80. The van der Waals surface area contributed by atoms with Crippen LogP contribution in [-0.4, -0.2) is 29.4 Å². The molecule has 0 aliphatic heterocycles. The third-order valence-electron chi connectivity index (χ3n) is 3.29. The van der Waals surface area contributed by atoms with E-state index in [2.05, 4.69) is 25.2 Å². The number of aryl methyl sites for hydroxylation is 2. The van der Waals surface area contributed by atoms with Crippen molar-refractivity contribution in [3.05, 3.63) is 34.9 Å². The molecular weight excluding hydrogens is 226 g/mol. The van der Waals surface area contributed by atoms with Crippen LogP contribution < -0.4 is 5.32 Å². The molecule has 0 radical (unpaired) electrons. The molecule has 2 unspecified atom stereocenters. The second-order valence-corrected chi connectivity index (χ2v) is 5.25. The Morgan fingerprint density at radius 2 is 1.89 bits per heavy atom. The summed E-state index contributed by atoms with van der Waals surface area (Å²) in [7, 11) is 0. The zero-order valence-corrected chi connectivity index (χ0v) is 11.8. The minimum absolute atomic E-state index is 0.0430. The lowest BCUT2D eigenvalue weighted by molar-refractivity contribution is 0.101. The Morgan fingerprint density at radius 1 is 1.22 bits per heavy atom. The van der Waals surface area contributed by atoms with E-state index in [1.807, 2.05) is 26.0 Å². The lowest BCUT2D eigenvalue weighted by Crippen LogP contribution is -2.40. The van der Waals surface area contributed by atoms with Crippen LogP contribution in [0.25, 0.3) is 0 Å². The maximum absolute atomic E-state index is 10.5. The maximum atomic E-state index is 10.5. The van der Waals surface area contributed by atoms with Gasteiger partial charge in [-0.1, -0.05) is 37.6 Å². The first-order chi connectivity index (χ1) is 8.47. The molecule has 3 N–H and O–H groups in total. The summed E-state index contributed by atoms with van der Waals surface area (Å²) < 4.78 is 0. The smallest absolute Gasteiger partial charge is 0.0948 e. The van der Waals surface area contributed by atoms with Crippen molar-refractivity contribution >= 4 is 0 Å². The number of benzene rings is 1. The molecule has 0 aliphatic rings. The molecule has 0 aliphatic carbocycles. The number of rotatable bonds is 6. The molecule has 1 rings (SSSR count). The molecule has 0 saturated carbocycles. The standard InChI is InChI=1S/C15H25NO2/c1-10(2)14(16-7-8-17)15(18)13-6-5-11(3)9-12(13)4/h5-6,9-10,14-18H,7-8H2,1-4H3. The van der Waals surface area contributed by atoms with Crippen LogP contribution in [0, 0.1) is 19.8 Å². The van der Waals surface area contributed by atoms with Gasteiger partial charge in [0, 0.05) is 12.6 Å². The molecule has 1 aromatic rings. The molecule has 3 nitrogen and oxygen atoms in total. The first-order valence-electron chi connectivity index (χ1n) is 6.56. The summed E-state index contributed by atoms with van der Waals surface area (Å²) in [5.74, 6) is 0.298. The van der Waals surface area contributed by atoms with Crippen molar-refractivity contribution in [2.45, 2.75) is 39.8 Å². The highest BCUT2D eigenvalue weighted by atomic mass is 16.3. The Bertz CT molecular complexity index is 377. The fraction of sp³-hybridized carbons (Fsp3) is 0.600. The van der Waals surface area contributed by atoms with Gasteiger partial charge in [-0.25, -0.2) is 0 Å². The summed E-state index contributed by atoms with van der Waals surface area (Å²) in [4.78, 5) is 0. The summed E-state index contributed by atoms with van der Waals surface area (Å²) in [6, 6.07) is 6.06. The van der Waals surface area contributed by atoms with Crippen LogP contribution in [0.2, 0.25) is 0 Å². The van der Waals surface area contributed by atoms with Crippen molar-refractivity contribution in [2.75, 3.05) is 13.2 Å². The van der Waals surface area contributed by atoms with Crippen LogP contribution in [0.15, 0.2) is 18.2 Å². The minimum atomic E-state index is -0.544. The van der Waals surface area contributed by atoms with Gasteiger partial charge < -0.3 is 15.5 Å². The molecule has 2 atom stereocenters. The van der Waals surface area contributed by atoms with E-state index in [9.17, 15) is 5.11 Å². The van der Waals surface area contributed by atoms with Gasteiger partial charge in [0.1, 0.15) is 0 Å². The van der Waals surface area contributed by atoms with Crippen LogP contribution in [0.4, 0.5) is 0 Å². The van der Waals surface area contributed by atoms with E-state index in [-0.39, 0.29) is 12.6 Å². The molecule has 3 heteroatoms. The Labute approximate surface area is 110 Å². The summed E-state index contributed by atoms with van der Waals surface area (Å²) in [5.41, 5.74) is 3.27. The summed E-state index contributed by atoms with van der Waals surface area (Å²) in [6.45, 7) is 8.80. The van der Waals surface area contributed by atoms with Gasteiger partial charge in [-0.3, -0.25) is 0 Å². The van der Waals surface area contributed by atoms with Crippen molar-refractivity contribution in [2.24, 2.45) is 5.92 Å². The molecule has 0 aromatic heterocycles. The average Bonchev–Trinajstić information content (AvgIpc) is 2.28. The molecule has 1 aromatic carbocycles.